The van der Waals surface area contributed by atoms with Crippen LogP contribution in [0.2, 0.25) is 0 Å². The van der Waals surface area contributed by atoms with E-state index in [4.69, 9.17) is 9.47 Å². The number of fused-ring (bicyclic) bond motifs is 1. The van der Waals surface area contributed by atoms with Crippen molar-refractivity contribution in [2.75, 3.05) is 14.2 Å². The zero-order valence-electron chi connectivity index (χ0n) is 13.2. The highest BCUT2D eigenvalue weighted by Crippen LogP contribution is 2.32. The quantitative estimate of drug-likeness (QED) is 0.688. The van der Waals surface area contributed by atoms with Crippen LogP contribution in [-0.4, -0.2) is 18.8 Å². The number of methoxy groups -OCH3 is 2. The lowest BCUT2D eigenvalue weighted by Gasteiger charge is -2.16. The van der Waals surface area contributed by atoms with Crippen molar-refractivity contribution in [1.82, 2.24) is 4.57 Å². The van der Waals surface area contributed by atoms with Gasteiger partial charge < -0.3 is 14.0 Å². The van der Waals surface area contributed by atoms with Gasteiger partial charge in [-0.15, -0.1) is 0 Å². The van der Waals surface area contributed by atoms with Crippen molar-refractivity contribution < 1.29 is 9.47 Å². The number of benzene rings is 1. The average Bonchev–Trinajstić information content (AvgIpc) is 2.96. The summed E-state index contributed by atoms with van der Waals surface area (Å²) in [4.78, 5) is 0. The molecule has 2 aromatic rings. The van der Waals surface area contributed by atoms with Crippen LogP contribution in [0.5, 0.6) is 11.5 Å². The molecule has 0 aliphatic heterocycles. The van der Waals surface area contributed by atoms with E-state index in [9.17, 15) is 0 Å². The summed E-state index contributed by atoms with van der Waals surface area (Å²) in [6, 6.07) is 6.46. The zero-order chi connectivity index (χ0) is 15.5. The van der Waals surface area contributed by atoms with Gasteiger partial charge in [0.25, 0.3) is 0 Å². The third-order valence-electron chi connectivity index (χ3n) is 4.46. The third-order valence-corrected chi connectivity index (χ3v) is 5.46. The molecule has 1 heterocycles. The summed E-state index contributed by atoms with van der Waals surface area (Å²) < 4.78 is 14.5. The predicted octanol–water partition coefficient (Wildman–Crippen LogP) is 4.23. The van der Waals surface area contributed by atoms with Gasteiger partial charge in [0, 0.05) is 22.0 Å². The molecule has 1 aromatic carbocycles. The molecule has 4 heteroatoms. The number of aryl methyl sites for hydroxylation is 3. The predicted molar refractivity (Wildman–Crippen MR) is 97.0 cm³/mol. The third kappa shape index (κ3) is 3.12. The van der Waals surface area contributed by atoms with Crippen molar-refractivity contribution in [2.24, 2.45) is 0 Å². The minimum atomic E-state index is 0.800. The van der Waals surface area contributed by atoms with E-state index >= 15 is 0 Å². The van der Waals surface area contributed by atoms with Crippen LogP contribution in [0.1, 0.15) is 29.7 Å². The Balaban J connectivity index is 1.78. The Morgan fingerprint density at radius 1 is 1.09 bits per heavy atom. The Labute approximate surface area is 145 Å². The normalized spacial score (nSPS) is 13.8. The van der Waals surface area contributed by atoms with Gasteiger partial charge in [0.2, 0.25) is 0 Å². The van der Waals surface area contributed by atoms with E-state index in [0.29, 0.717) is 0 Å². The molecule has 0 saturated carbocycles. The van der Waals surface area contributed by atoms with E-state index in [1.165, 1.54) is 34.8 Å². The maximum Gasteiger partial charge on any atom is 0.161 e. The summed E-state index contributed by atoms with van der Waals surface area (Å²) in [6.45, 7) is 1.03. The number of halogens is 1. The van der Waals surface area contributed by atoms with Gasteiger partial charge >= 0.3 is 0 Å². The number of nitrogens with zero attached hydrogens (tertiary/aromatic N) is 1. The molecule has 3 nitrogen and oxygen atoms in total. The topological polar surface area (TPSA) is 23.4 Å². The largest absolute Gasteiger partial charge is 0.493 e. The molecule has 0 unspecified atom stereocenters. The first kappa shape index (κ1) is 15.7. The van der Waals surface area contributed by atoms with Crippen LogP contribution in [0.4, 0.5) is 0 Å². The van der Waals surface area contributed by atoms with Crippen molar-refractivity contribution in [3.63, 3.8) is 0 Å². The van der Waals surface area contributed by atoms with Crippen LogP contribution < -0.4 is 9.47 Å². The highest BCUT2D eigenvalue weighted by Gasteiger charge is 2.14. The summed E-state index contributed by atoms with van der Waals surface area (Å²) in [5, 5.41) is 0. The fourth-order valence-electron chi connectivity index (χ4n) is 3.23. The maximum atomic E-state index is 5.42. The molecular weight excluding hydrogens is 389 g/mol. The summed E-state index contributed by atoms with van der Waals surface area (Å²) >= 11 is 2.38. The van der Waals surface area contributed by atoms with Crippen molar-refractivity contribution in [2.45, 2.75) is 38.6 Å². The molecular formula is C18H22INO2. The van der Waals surface area contributed by atoms with Crippen LogP contribution in [0.3, 0.4) is 0 Å². The fraction of sp³-hybridized carbons (Fsp3) is 0.444. The molecule has 0 spiro atoms. The fourth-order valence-corrected chi connectivity index (χ4v) is 3.94. The summed E-state index contributed by atoms with van der Waals surface area (Å²) in [7, 11) is 3.37. The van der Waals surface area contributed by atoms with E-state index in [1.54, 1.807) is 25.5 Å². The van der Waals surface area contributed by atoms with Gasteiger partial charge in [-0.2, -0.15) is 0 Å². The lowest BCUT2D eigenvalue weighted by atomic mass is 9.98. The van der Waals surface area contributed by atoms with Gasteiger partial charge in [0.15, 0.2) is 11.5 Å². The first-order valence-corrected chi connectivity index (χ1v) is 8.88. The van der Waals surface area contributed by atoms with E-state index < -0.39 is 0 Å². The van der Waals surface area contributed by atoms with Crippen molar-refractivity contribution in [3.8, 4) is 11.5 Å². The summed E-state index contributed by atoms with van der Waals surface area (Å²) in [5.74, 6) is 1.61. The second-order valence-corrected chi connectivity index (χ2v) is 6.90. The van der Waals surface area contributed by atoms with Gasteiger partial charge in [-0.3, -0.25) is 0 Å². The Hall–Kier alpha value is -1.17. The number of hydrogen-bond acceptors (Lipinski definition) is 2. The van der Waals surface area contributed by atoms with Crippen LogP contribution in [0.15, 0.2) is 24.4 Å². The molecule has 0 radical (unpaired) electrons. The number of ether oxygens (including phenoxy) is 2. The van der Waals surface area contributed by atoms with Crippen molar-refractivity contribution in [3.05, 3.63) is 44.8 Å². The Morgan fingerprint density at radius 2 is 1.82 bits per heavy atom. The number of aromatic nitrogens is 1. The number of rotatable bonds is 5. The molecule has 22 heavy (non-hydrogen) atoms. The average molecular weight is 411 g/mol. The minimum absolute atomic E-state index is 0.800. The molecule has 1 aliphatic carbocycles. The maximum absolute atomic E-state index is 5.42. The van der Waals surface area contributed by atoms with Crippen molar-refractivity contribution in [1.29, 1.82) is 0 Å². The Bertz CT molecular complexity index is 663. The molecule has 1 aliphatic rings. The highest BCUT2D eigenvalue weighted by molar-refractivity contribution is 14.1. The van der Waals surface area contributed by atoms with Crippen LogP contribution >= 0.6 is 22.6 Å². The van der Waals surface area contributed by atoms with Crippen LogP contribution in [-0.2, 0) is 25.8 Å². The van der Waals surface area contributed by atoms with Gasteiger partial charge in [-0.25, -0.2) is 0 Å². The van der Waals surface area contributed by atoms with E-state index in [2.05, 4.69) is 51.6 Å². The molecule has 0 fully saturated rings. The molecule has 1 aromatic heterocycles. The standard InChI is InChI=1S/C18H22INO2/c1-21-17-11-14(15(19)12-18(17)22-2)8-10-20-9-7-13-5-3-4-6-16(13)20/h7,9,11-12H,3-6,8,10H2,1-2H3. The lowest BCUT2D eigenvalue weighted by Crippen LogP contribution is -2.10. The van der Waals surface area contributed by atoms with Gasteiger partial charge in [0.05, 0.1) is 14.2 Å². The first-order valence-electron chi connectivity index (χ1n) is 7.80. The molecule has 0 atom stereocenters. The van der Waals surface area contributed by atoms with E-state index in [0.717, 1.165) is 24.5 Å². The molecule has 0 N–H and O–H groups in total. The minimum Gasteiger partial charge on any atom is -0.493 e. The number of hydrogen-bond donors (Lipinski definition) is 0. The van der Waals surface area contributed by atoms with Gasteiger partial charge in [0.1, 0.15) is 0 Å². The monoisotopic (exact) mass is 411 g/mol. The van der Waals surface area contributed by atoms with E-state index in [-0.39, 0.29) is 0 Å². The zero-order valence-corrected chi connectivity index (χ0v) is 15.4. The van der Waals surface area contributed by atoms with E-state index in [1.807, 2.05) is 0 Å². The second-order valence-electron chi connectivity index (χ2n) is 5.74. The van der Waals surface area contributed by atoms with Crippen molar-refractivity contribution >= 4 is 22.6 Å². The molecule has 3 rings (SSSR count). The second kappa shape index (κ2) is 6.94. The Kier molecular flexibility index (Phi) is 4.96. The van der Waals surface area contributed by atoms with Crippen LogP contribution in [0, 0.1) is 3.57 Å². The van der Waals surface area contributed by atoms with Gasteiger partial charge in [-0.1, -0.05) is 0 Å². The summed E-state index contributed by atoms with van der Waals surface area (Å²) in [5.41, 5.74) is 4.41. The lowest BCUT2D eigenvalue weighted by molar-refractivity contribution is 0.354. The molecule has 0 amide bonds. The SMILES string of the molecule is COc1cc(I)c(CCn2ccc3c2CCCC3)cc1OC. The van der Waals surface area contributed by atoms with Crippen LogP contribution in [0.25, 0.3) is 0 Å². The molecule has 0 saturated heterocycles. The highest BCUT2D eigenvalue weighted by atomic mass is 127. The smallest absolute Gasteiger partial charge is 0.161 e. The molecule has 0 bridgehead atoms. The molecule has 118 valence electrons. The Morgan fingerprint density at radius 3 is 2.59 bits per heavy atom. The van der Waals surface area contributed by atoms with Gasteiger partial charge in [-0.05, 0) is 84.0 Å². The first-order chi connectivity index (χ1) is 10.7. The summed E-state index contributed by atoms with van der Waals surface area (Å²) in [6.07, 6.45) is 8.40.